The molecule has 0 bridgehead atoms. The third-order valence-corrected chi connectivity index (χ3v) is 5.19. The van der Waals surface area contributed by atoms with Crippen molar-refractivity contribution >= 4 is 23.5 Å². The van der Waals surface area contributed by atoms with Crippen molar-refractivity contribution in [1.82, 2.24) is 4.90 Å². The van der Waals surface area contributed by atoms with Crippen molar-refractivity contribution in [3.8, 4) is 5.75 Å². The molecular weight excluding hydrogens is 360 g/mol. The fourth-order valence-electron chi connectivity index (χ4n) is 2.93. The van der Waals surface area contributed by atoms with Crippen molar-refractivity contribution in [2.24, 2.45) is 0 Å². The molecule has 27 heavy (non-hydrogen) atoms. The second-order valence-corrected chi connectivity index (χ2v) is 7.49. The first-order chi connectivity index (χ1) is 13.1. The van der Waals surface area contributed by atoms with Gasteiger partial charge in [0.1, 0.15) is 12.4 Å². The van der Waals surface area contributed by atoms with Crippen LogP contribution in [0.1, 0.15) is 18.4 Å². The van der Waals surface area contributed by atoms with Crippen LogP contribution < -0.4 is 10.1 Å². The van der Waals surface area contributed by atoms with Crippen LogP contribution in [-0.4, -0.2) is 43.6 Å². The summed E-state index contributed by atoms with van der Waals surface area (Å²) in [6.45, 7) is 1.96. The highest BCUT2D eigenvalue weighted by molar-refractivity contribution is 7.98. The summed E-state index contributed by atoms with van der Waals surface area (Å²) in [6.07, 6.45) is 4.40. The number of hydrogen-bond acceptors (Lipinski definition) is 4. The summed E-state index contributed by atoms with van der Waals surface area (Å²) in [7, 11) is 1.79. The summed E-state index contributed by atoms with van der Waals surface area (Å²) >= 11 is 1.70. The minimum Gasteiger partial charge on any atom is -0.491 e. The smallest absolute Gasteiger partial charge is 0.321 e. The number of thioether (sulfide) groups is 1. The Balaban J connectivity index is 1.48. The van der Waals surface area contributed by atoms with E-state index in [0.29, 0.717) is 13.2 Å². The Hall–Kier alpha value is -2.18. The fraction of sp³-hybridized carbons (Fsp3) is 0.381. The Morgan fingerprint density at radius 1 is 1.30 bits per heavy atom. The van der Waals surface area contributed by atoms with E-state index in [1.165, 1.54) is 4.90 Å². The molecule has 0 radical (unpaired) electrons. The fourth-order valence-corrected chi connectivity index (χ4v) is 3.42. The summed E-state index contributed by atoms with van der Waals surface area (Å²) in [5, 5.41) is 2.92. The summed E-state index contributed by atoms with van der Waals surface area (Å²) in [5.74, 6) is 0.783. The Kier molecular flexibility index (Phi) is 7.01. The first-order valence-corrected chi connectivity index (χ1v) is 10.4. The van der Waals surface area contributed by atoms with E-state index in [1.54, 1.807) is 23.7 Å². The van der Waals surface area contributed by atoms with Crippen LogP contribution in [-0.2, 0) is 11.3 Å². The Labute approximate surface area is 165 Å². The number of nitrogens with one attached hydrogen (secondary N) is 1. The number of rotatable bonds is 7. The molecule has 0 spiro atoms. The highest BCUT2D eigenvalue weighted by Gasteiger charge is 2.16. The number of ether oxygens (including phenoxy) is 2. The zero-order chi connectivity index (χ0) is 19.1. The maximum atomic E-state index is 12.4. The molecule has 0 unspecified atom stereocenters. The topological polar surface area (TPSA) is 50.8 Å². The van der Waals surface area contributed by atoms with Gasteiger partial charge in [0.15, 0.2) is 0 Å². The number of carbonyl (C=O) groups is 1. The van der Waals surface area contributed by atoms with E-state index in [4.69, 9.17) is 9.47 Å². The summed E-state index contributed by atoms with van der Waals surface area (Å²) in [4.78, 5) is 15.3. The van der Waals surface area contributed by atoms with Gasteiger partial charge in [0, 0.05) is 30.8 Å². The summed E-state index contributed by atoms with van der Waals surface area (Å²) in [5.41, 5.74) is 1.85. The third kappa shape index (κ3) is 5.91. The lowest BCUT2D eigenvalue weighted by Gasteiger charge is -2.18. The van der Waals surface area contributed by atoms with Crippen LogP contribution in [0, 0.1) is 0 Å². The minimum atomic E-state index is -0.141. The molecule has 0 aliphatic carbocycles. The first kappa shape index (κ1) is 19.6. The first-order valence-electron chi connectivity index (χ1n) is 9.13. The quantitative estimate of drug-likeness (QED) is 0.705. The number of hydrogen-bond donors (Lipinski definition) is 1. The monoisotopic (exact) mass is 386 g/mol. The molecular formula is C21H26N2O3S. The molecule has 1 aliphatic rings. The van der Waals surface area contributed by atoms with Crippen molar-refractivity contribution in [3.63, 3.8) is 0 Å². The highest BCUT2D eigenvalue weighted by atomic mass is 32.2. The van der Waals surface area contributed by atoms with E-state index in [9.17, 15) is 4.79 Å². The lowest BCUT2D eigenvalue weighted by Crippen LogP contribution is -2.30. The Morgan fingerprint density at radius 2 is 2.11 bits per heavy atom. The zero-order valence-electron chi connectivity index (χ0n) is 15.8. The van der Waals surface area contributed by atoms with Crippen molar-refractivity contribution in [3.05, 3.63) is 54.1 Å². The van der Waals surface area contributed by atoms with E-state index in [2.05, 4.69) is 17.4 Å². The van der Waals surface area contributed by atoms with Gasteiger partial charge in [-0.3, -0.25) is 0 Å². The molecule has 6 heteroatoms. The average Bonchev–Trinajstić information content (AvgIpc) is 3.21. The van der Waals surface area contributed by atoms with Crippen molar-refractivity contribution < 1.29 is 14.3 Å². The van der Waals surface area contributed by atoms with Gasteiger partial charge in [0.25, 0.3) is 0 Å². The van der Waals surface area contributed by atoms with Gasteiger partial charge in [-0.1, -0.05) is 12.1 Å². The zero-order valence-corrected chi connectivity index (χ0v) is 16.6. The Bertz CT molecular complexity index is 745. The molecule has 1 fully saturated rings. The normalized spacial score (nSPS) is 16.1. The van der Waals surface area contributed by atoms with Crippen LogP contribution in [0.5, 0.6) is 5.75 Å². The van der Waals surface area contributed by atoms with Crippen LogP contribution in [0.4, 0.5) is 10.5 Å². The molecule has 0 saturated carbocycles. The van der Waals surface area contributed by atoms with Gasteiger partial charge in [0.05, 0.1) is 6.10 Å². The lowest BCUT2D eigenvalue weighted by atomic mass is 10.2. The number of anilines is 1. The molecule has 3 rings (SSSR count). The minimum absolute atomic E-state index is 0.141. The standard InChI is InChI=1S/C21H26N2O3S/c1-23(14-16-5-3-7-20(13-16)27-2)21(24)22-17-8-10-18(11-9-17)26-15-19-6-4-12-25-19/h3,5,7-11,13,19H,4,6,12,14-15H2,1-2H3,(H,22,24)/t19-/m0/s1. The number of nitrogens with zero attached hydrogens (tertiary/aromatic N) is 1. The van der Waals surface area contributed by atoms with Crippen molar-refractivity contribution in [2.75, 3.05) is 31.8 Å². The van der Waals surface area contributed by atoms with Gasteiger partial charge in [-0.25, -0.2) is 4.79 Å². The maximum absolute atomic E-state index is 12.4. The predicted octanol–water partition coefficient (Wildman–Crippen LogP) is 4.63. The molecule has 2 aromatic carbocycles. The molecule has 1 aliphatic heterocycles. The SMILES string of the molecule is CSc1cccc(CN(C)C(=O)Nc2ccc(OC[C@@H]3CCCO3)cc2)c1. The predicted molar refractivity (Wildman–Crippen MR) is 110 cm³/mol. The van der Waals surface area contributed by atoms with Gasteiger partial charge in [0.2, 0.25) is 0 Å². The van der Waals surface area contributed by atoms with Gasteiger partial charge < -0.3 is 19.7 Å². The van der Waals surface area contributed by atoms with Crippen LogP contribution >= 0.6 is 11.8 Å². The molecule has 1 heterocycles. The number of carbonyl (C=O) groups excluding carboxylic acids is 1. The largest absolute Gasteiger partial charge is 0.491 e. The number of amides is 2. The second kappa shape index (κ2) is 9.67. The molecule has 0 aromatic heterocycles. The molecule has 1 atom stereocenters. The van der Waals surface area contributed by atoms with E-state index in [-0.39, 0.29) is 12.1 Å². The third-order valence-electron chi connectivity index (χ3n) is 4.47. The second-order valence-electron chi connectivity index (χ2n) is 6.61. The summed E-state index contributed by atoms with van der Waals surface area (Å²) < 4.78 is 11.3. The van der Waals surface area contributed by atoms with Gasteiger partial charge >= 0.3 is 6.03 Å². The van der Waals surface area contributed by atoms with Gasteiger partial charge in [-0.2, -0.15) is 0 Å². The molecule has 5 nitrogen and oxygen atoms in total. The van der Waals surface area contributed by atoms with Crippen LogP contribution in [0.15, 0.2) is 53.4 Å². The number of urea groups is 1. The van der Waals surface area contributed by atoms with E-state index < -0.39 is 0 Å². The van der Waals surface area contributed by atoms with Crippen molar-refractivity contribution in [1.29, 1.82) is 0 Å². The number of benzene rings is 2. The van der Waals surface area contributed by atoms with Crippen LogP contribution in [0.25, 0.3) is 0 Å². The van der Waals surface area contributed by atoms with Crippen LogP contribution in [0.3, 0.4) is 0 Å². The molecule has 2 aromatic rings. The average molecular weight is 387 g/mol. The molecule has 1 N–H and O–H groups in total. The molecule has 144 valence electrons. The van der Waals surface area contributed by atoms with E-state index >= 15 is 0 Å². The maximum Gasteiger partial charge on any atom is 0.321 e. The van der Waals surface area contributed by atoms with Crippen molar-refractivity contribution in [2.45, 2.75) is 30.4 Å². The molecule has 2 amide bonds. The van der Waals surface area contributed by atoms with Crippen LogP contribution in [0.2, 0.25) is 0 Å². The van der Waals surface area contributed by atoms with E-state index in [1.807, 2.05) is 42.7 Å². The van der Waals surface area contributed by atoms with E-state index in [0.717, 1.165) is 36.4 Å². The van der Waals surface area contributed by atoms with Gasteiger partial charge in [-0.05, 0) is 61.1 Å². The lowest BCUT2D eigenvalue weighted by molar-refractivity contribution is 0.0679. The van der Waals surface area contributed by atoms with Gasteiger partial charge in [-0.15, -0.1) is 11.8 Å². The Morgan fingerprint density at radius 3 is 2.81 bits per heavy atom. The molecule has 1 saturated heterocycles. The highest BCUT2D eigenvalue weighted by Crippen LogP contribution is 2.20. The summed E-state index contributed by atoms with van der Waals surface area (Å²) in [6, 6.07) is 15.5.